The van der Waals surface area contributed by atoms with Gasteiger partial charge in [0.25, 0.3) is 0 Å². The van der Waals surface area contributed by atoms with Crippen LogP contribution in [0.1, 0.15) is 63.8 Å². The highest BCUT2D eigenvalue weighted by atomic mass is 32.1. The van der Waals surface area contributed by atoms with E-state index in [0.29, 0.717) is 11.1 Å². The molecule has 2 aromatic carbocycles. The van der Waals surface area contributed by atoms with E-state index in [1.54, 1.807) is 22.7 Å². The van der Waals surface area contributed by atoms with Gasteiger partial charge in [0, 0.05) is 9.75 Å². The number of thiophene rings is 2. The van der Waals surface area contributed by atoms with Crippen LogP contribution in [0.15, 0.2) is 60.7 Å². The molecule has 0 amide bonds. The minimum atomic E-state index is 0.0943. The number of hydrogen-bond donors (Lipinski definition) is 0. The van der Waals surface area contributed by atoms with Crippen LogP contribution in [0.3, 0.4) is 0 Å². The predicted molar refractivity (Wildman–Crippen MR) is 145 cm³/mol. The zero-order valence-corrected chi connectivity index (χ0v) is 22.1. The van der Waals surface area contributed by atoms with Crippen molar-refractivity contribution in [2.45, 2.75) is 52.4 Å². The lowest BCUT2D eigenvalue weighted by Gasteiger charge is -2.19. The number of rotatable bonds is 3. The third-order valence-electron chi connectivity index (χ3n) is 5.98. The summed E-state index contributed by atoms with van der Waals surface area (Å²) in [5.74, 6) is 0. The fourth-order valence-electron chi connectivity index (χ4n) is 3.84. The van der Waals surface area contributed by atoms with E-state index < -0.39 is 0 Å². The molecule has 4 rings (SSSR count). The minimum Gasteiger partial charge on any atom is -0.192 e. The predicted octanol–water partition coefficient (Wildman–Crippen LogP) is 9.15. The molecule has 0 saturated carbocycles. The van der Waals surface area contributed by atoms with Crippen molar-refractivity contribution >= 4 is 22.7 Å². The Balaban J connectivity index is 1.74. The Hall–Kier alpha value is -3.18. The summed E-state index contributed by atoms with van der Waals surface area (Å²) < 4.78 is 0. The van der Waals surface area contributed by atoms with Gasteiger partial charge in [0.05, 0.1) is 20.9 Å². The molecule has 0 spiro atoms. The number of nitrogens with zero attached hydrogens (tertiary/aromatic N) is 2. The lowest BCUT2D eigenvalue weighted by molar-refractivity contribution is 0.590. The molecule has 0 unspecified atom stereocenters. The molecule has 0 bridgehead atoms. The maximum atomic E-state index is 9.86. The van der Waals surface area contributed by atoms with Crippen molar-refractivity contribution in [2.75, 3.05) is 0 Å². The van der Waals surface area contributed by atoms with E-state index in [9.17, 15) is 10.5 Å². The standard InChI is InChI=1S/C30H28N2S2/c1-29(2,3)23-11-7-19(8-12-23)25-15-21(17-31)27(33-25)28-22(18-32)16-26(34-28)20-9-13-24(14-10-20)30(4,5)6/h7-16H,1-6H3. The van der Waals surface area contributed by atoms with Gasteiger partial charge in [-0.3, -0.25) is 0 Å². The molecular formula is C30H28N2S2. The van der Waals surface area contributed by atoms with Crippen LogP contribution < -0.4 is 0 Å². The van der Waals surface area contributed by atoms with Gasteiger partial charge in [-0.25, -0.2) is 0 Å². The molecule has 2 heterocycles. The molecule has 4 heteroatoms. The lowest BCUT2D eigenvalue weighted by atomic mass is 9.86. The minimum absolute atomic E-state index is 0.0943. The molecule has 0 atom stereocenters. The molecule has 0 saturated heterocycles. The van der Waals surface area contributed by atoms with Gasteiger partial charge in [0.1, 0.15) is 12.1 Å². The maximum absolute atomic E-state index is 9.86. The summed E-state index contributed by atoms with van der Waals surface area (Å²) in [6.45, 7) is 13.2. The van der Waals surface area contributed by atoms with Crippen LogP contribution in [-0.2, 0) is 10.8 Å². The average Bonchev–Trinajstić information content (AvgIpc) is 3.42. The highest BCUT2D eigenvalue weighted by Crippen LogP contribution is 2.45. The first-order valence-electron chi connectivity index (χ1n) is 11.3. The van der Waals surface area contributed by atoms with Crippen LogP contribution in [0, 0.1) is 22.7 Å². The van der Waals surface area contributed by atoms with Crippen LogP contribution in [0.25, 0.3) is 30.6 Å². The zero-order chi connectivity index (χ0) is 24.7. The first kappa shape index (κ1) is 24.0. The Morgan fingerprint density at radius 3 is 1.15 bits per heavy atom. The van der Waals surface area contributed by atoms with E-state index in [2.05, 4.69) is 102 Å². The average molecular weight is 481 g/mol. The SMILES string of the molecule is CC(C)(C)c1ccc(-c2cc(C#N)c(-c3sc(-c4ccc(C(C)(C)C)cc4)cc3C#N)s2)cc1. The summed E-state index contributed by atoms with van der Waals surface area (Å²) in [5, 5.41) is 19.7. The van der Waals surface area contributed by atoms with Gasteiger partial charge in [-0.15, -0.1) is 22.7 Å². The number of benzene rings is 2. The van der Waals surface area contributed by atoms with Gasteiger partial charge in [-0.05, 0) is 45.2 Å². The topological polar surface area (TPSA) is 47.6 Å². The van der Waals surface area contributed by atoms with Crippen molar-refractivity contribution in [2.24, 2.45) is 0 Å². The van der Waals surface area contributed by atoms with Crippen molar-refractivity contribution in [3.8, 4) is 42.8 Å². The molecule has 4 aromatic rings. The fraction of sp³-hybridized carbons (Fsp3) is 0.267. The van der Waals surface area contributed by atoms with Crippen LogP contribution in [0.4, 0.5) is 0 Å². The molecule has 0 aliphatic heterocycles. The second-order valence-corrected chi connectivity index (χ2v) is 12.7. The van der Waals surface area contributed by atoms with Gasteiger partial charge in [-0.2, -0.15) is 10.5 Å². The molecule has 2 nitrogen and oxygen atoms in total. The molecule has 2 aromatic heterocycles. The number of nitriles is 2. The summed E-state index contributed by atoms with van der Waals surface area (Å²) in [6.07, 6.45) is 0. The first-order chi connectivity index (χ1) is 16.0. The highest BCUT2D eigenvalue weighted by molar-refractivity contribution is 7.25. The van der Waals surface area contributed by atoms with Crippen molar-refractivity contribution in [3.63, 3.8) is 0 Å². The second kappa shape index (κ2) is 8.88. The Kier molecular flexibility index (Phi) is 6.26. The first-order valence-corrected chi connectivity index (χ1v) is 12.9. The fourth-order valence-corrected chi connectivity index (χ4v) is 6.22. The van der Waals surface area contributed by atoms with Gasteiger partial charge in [0.2, 0.25) is 0 Å². The summed E-state index contributed by atoms with van der Waals surface area (Å²) in [4.78, 5) is 3.83. The van der Waals surface area contributed by atoms with Crippen molar-refractivity contribution in [1.29, 1.82) is 10.5 Å². The third kappa shape index (κ3) is 4.71. The summed E-state index contributed by atoms with van der Waals surface area (Å²) in [5.41, 5.74) is 6.17. The quantitative estimate of drug-likeness (QED) is 0.293. The lowest BCUT2D eigenvalue weighted by Crippen LogP contribution is -2.10. The maximum Gasteiger partial charge on any atom is 0.101 e. The van der Waals surface area contributed by atoms with Crippen LogP contribution in [0.5, 0.6) is 0 Å². The molecule has 0 aliphatic rings. The Morgan fingerprint density at radius 2 is 0.882 bits per heavy atom. The smallest absolute Gasteiger partial charge is 0.101 e. The van der Waals surface area contributed by atoms with E-state index in [1.807, 2.05) is 12.1 Å². The summed E-state index contributed by atoms with van der Waals surface area (Å²) in [7, 11) is 0. The van der Waals surface area contributed by atoms with E-state index in [-0.39, 0.29) is 10.8 Å². The van der Waals surface area contributed by atoms with Gasteiger partial charge >= 0.3 is 0 Å². The highest BCUT2D eigenvalue weighted by Gasteiger charge is 2.20. The Bertz CT molecular complexity index is 1290. The molecule has 170 valence electrons. The third-order valence-corrected chi connectivity index (χ3v) is 8.51. The molecule has 0 aliphatic carbocycles. The monoisotopic (exact) mass is 480 g/mol. The summed E-state index contributed by atoms with van der Waals surface area (Å²) in [6, 6.07) is 25.7. The van der Waals surface area contributed by atoms with Crippen LogP contribution in [-0.4, -0.2) is 0 Å². The molecule has 34 heavy (non-hydrogen) atoms. The van der Waals surface area contributed by atoms with E-state index in [0.717, 1.165) is 30.6 Å². The van der Waals surface area contributed by atoms with Crippen molar-refractivity contribution < 1.29 is 0 Å². The van der Waals surface area contributed by atoms with Gasteiger partial charge < -0.3 is 0 Å². The Labute approximate surface area is 210 Å². The molecule has 0 N–H and O–H groups in total. The largest absolute Gasteiger partial charge is 0.192 e. The second-order valence-electron chi connectivity index (χ2n) is 10.6. The summed E-state index contributed by atoms with van der Waals surface area (Å²) >= 11 is 3.17. The van der Waals surface area contributed by atoms with E-state index >= 15 is 0 Å². The van der Waals surface area contributed by atoms with Crippen molar-refractivity contribution in [1.82, 2.24) is 0 Å². The van der Waals surface area contributed by atoms with E-state index in [1.165, 1.54) is 11.1 Å². The van der Waals surface area contributed by atoms with E-state index in [4.69, 9.17) is 0 Å². The normalized spacial score (nSPS) is 11.8. The van der Waals surface area contributed by atoms with Gasteiger partial charge in [-0.1, -0.05) is 90.1 Å². The molecular weight excluding hydrogens is 452 g/mol. The zero-order valence-electron chi connectivity index (χ0n) is 20.5. The van der Waals surface area contributed by atoms with Gasteiger partial charge in [0.15, 0.2) is 0 Å². The molecule has 0 radical (unpaired) electrons. The Morgan fingerprint density at radius 1 is 0.559 bits per heavy atom. The van der Waals surface area contributed by atoms with Crippen molar-refractivity contribution in [3.05, 3.63) is 82.9 Å². The molecule has 0 fully saturated rings. The van der Waals surface area contributed by atoms with Crippen LogP contribution in [0.2, 0.25) is 0 Å². The van der Waals surface area contributed by atoms with Crippen LogP contribution >= 0.6 is 22.7 Å². The number of hydrogen-bond acceptors (Lipinski definition) is 4.